The molecule has 0 aliphatic heterocycles. The maximum atomic E-state index is 2.42. The van der Waals surface area contributed by atoms with Crippen molar-refractivity contribution in [1.82, 2.24) is 4.90 Å². The Bertz CT molecular complexity index is 196. The predicted octanol–water partition coefficient (Wildman–Crippen LogP) is 5.60. The van der Waals surface area contributed by atoms with Gasteiger partial charge in [-0.1, -0.05) is 61.3 Å². The summed E-state index contributed by atoms with van der Waals surface area (Å²) < 4.78 is 0. The highest BCUT2D eigenvalue weighted by atomic mass is 15.1. The quantitative estimate of drug-likeness (QED) is 0.599. The number of rotatable bonds is 6. The Labute approximate surface area is 117 Å². The van der Waals surface area contributed by atoms with Gasteiger partial charge in [0.2, 0.25) is 0 Å². The lowest BCUT2D eigenvalue weighted by molar-refractivity contribution is 0.0128. The first-order valence-electron chi connectivity index (χ1n) is 7.80. The smallest absolute Gasteiger partial charge is 0.0223 e. The van der Waals surface area contributed by atoms with Gasteiger partial charge in [0, 0.05) is 5.54 Å². The van der Waals surface area contributed by atoms with Gasteiger partial charge in [-0.25, -0.2) is 0 Å². The Hall–Kier alpha value is -0.0400. The first-order valence-corrected chi connectivity index (χ1v) is 7.80. The summed E-state index contributed by atoms with van der Waals surface area (Å²) in [4.78, 5) is 2.40. The van der Waals surface area contributed by atoms with Gasteiger partial charge in [-0.3, -0.25) is 0 Å². The van der Waals surface area contributed by atoms with Gasteiger partial charge >= 0.3 is 0 Å². The lowest BCUT2D eigenvalue weighted by Crippen LogP contribution is -2.53. The molecule has 18 heavy (non-hydrogen) atoms. The van der Waals surface area contributed by atoms with E-state index in [1.165, 1.54) is 25.7 Å². The Morgan fingerprint density at radius 2 is 1.33 bits per heavy atom. The Morgan fingerprint density at radius 1 is 0.944 bits per heavy atom. The van der Waals surface area contributed by atoms with E-state index >= 15 is 0 Å². The monoisotopic (exact) mass is 257 g/mol. The number of hydrogen-bond donors (Lipinski definition) is 0. The molecule has 0 radical (unpaired) electrons. The average Bonchev–Trinajstić information content (AvgIpc) is 2.27. The van der Waals surface area contributed by atoms with E-state index in [4.69, 9.17) is 0 Å². The molecule has 0 spiro atoms. The molecule has 2 unspecified atom stereocenters. The van der Waals surface area contributed by atoms with E-state index in [0.29, 0.717) is 11.0 Å². The summed E-state index contributed by atoms with van der Waals surface area (Å²) in [6.07, 6.45) is 5.06. The minimum atomic E-state index is 0.302. The molecule has 0 N–H and O–H groups in total. The van der Waals surface area contributed by atoms with Gasteiger partial charge in [0.1, 0.15) is 0 Å². The standard InChI is InChI=1S/C14H31N.C3H8/c1-9-12(3)11-13(4,5)14(6,10-2)15(7)8;1-3-2/h12H,9-11H2,1-8H3;3H2,1-2H3. The second-order valence-corrected chi connectivity index (χ2v) is 6.83. The zero-order valence-electron chi connectivity index (χ0n) is 14.9. The van der Waals surface area contributed by atoms with E-state index in [9.17, 15) is 0 Å². The van der Waals surface area contributed by atoms with Crippen molar-refractivity contribution in [2.45, 2.75) is 86.6 Å². The third-order valence-corrected chi connectivity index (χ3v) is 4.69. The summed E-state index contributed by atoms with van der Waals surface area (Å²) >= 11 is 0. The summed E-state index contributed by atoms with van der Waals surface area (Å²) in [6, 6.07) is 0. The Kier molecular flexibility index (Phi) is 10.1. The van der Waals surface area contributed by atoms with Crippen LogP contribution in [0.3, 0.4) is 0 Å². The first kappa shape index (κ1) is 20.3. The van der Waals surface area contributed by atoms with Gasteiger partial charge in [-0.05, 0) is 45.2 Å². The highest BCUT2D eigenvalue weighted by Gasteiger charge is 2.41. The van der Waals surface area contributed by atoms with Crippen molar-refractivity contribution in [1.29, 1.82) is 0 Å². The lowest BCUT2D eigenvalue weighted by atomic mass is 9.66. The molecule has 112 valence electrons. The molecule has 0 saturated heterocycles. The van der Waals surface area contributed by atoms with E-state index in [2.05, 4.69) is 74.4 Å². The minimum Gasteiger partial charge on any atom is -0.303 e. The average molecular weight is 258 g/mol. The van der Waals surface area contributed by atoms with Crippen LogP contribution in [0.5, 0.6) is 0 Å². The summed E-state index contributed by atoms with van der Waals surface area (Å²) in [5.74, 6) is 0.825. The van der Waals surface area contributed by atoms with Crippen LogP contribution in [0, 0.1) is 11.3 Å². The molecule has 1 nitrogen and oxygen atoms in total. The Balaban J connectivity index is 0. The predicted molar refractivity (Wildman–Crippen MR) is 86.2 cm³/mol. The fourth-order valence-electron chi connectivity index (χ4n) is 2.64. The molecule has 0 aliphatic carbocycles. The van der Waals surface area contributed by atoms with Crippen LogP contribution in [-0.2, 0) is 0 Å². The van der Waals surface area contributed by atoms with E-state index < -0.39 is 0 Å². The van der Waals surface area contributed by atoms with E-state index in [1.54, 1.807) is 0 Å². The largest absolute Gasteiger partial charge is 0.303 e. The topological polar surface area (TPSA) is 3.24 Å². The second kappa shape index (κ2) is 8.96. The van der Waals surface area contributed by atoms with E-state index in [-0.39, 0.29) is 0 Å². The fraction of sp³-hybridized carbons (Fsp3) is 1.00. The van der Waals surface area contributed by atoms with E-state index in [0.717, 1.165) is 5.92 Å². The van der Waals surface area contributed by atoms with Gasteiger partial charge in [0.25, 0.3) is 0 Å². The van der Waals surface area contributed by atoms with E-state index in [1.807, 2.05) is 0 Å². The SMILES string of the molecule is CCC.CCC(C)CC(C)(C)C(C)(CC)N(C)C. The molecule has 0 aliphatic rings. The number of hydrogen-bond acceptors (Lipinski definition) is 1. The van der Waals surface area contributed by atoms with Crippen LogP contribution in [0.2, 0.25) is 0 Å². The van der Waals surface area contributed by atoms with Gasteiger partial charge < -0.3 is 4.90 Å². The molecule has 0 saturated carbocycles. The van der Waals surface area contributed by atoms with Gasteiger partial charge in [0.15, 0.2) is 0 Å². The molecule has 0 amide bonds. The fourth-order valence-corrected chi connectivity index (χ4v) is 2.64. The highest BCUT2D eigenvalue weighted by molar-refractivity contribution is 4.96. The summed E-state index contributed by atoms with van der Waals surface area (Å²) in [5.41, 5.74) is 0.678. The molecular weight excluding hydrogens is 218 g/mol. The first-order chi connectivity index (χ1) is 8.12. The van der Waals surface area contributed by atoms with Crippen LogP contribution in [0.15, 0.2) is 0 Å². The molecule has 0 aromatic rings. The number of nitrogens with zero attached hydrogens (tertiary/aromatic N) is 1. The van der Waals surface area contributed by atoms with Crippen LogP contribution in [0.4, 0.5) is 0 Å². The maximum absolute atomic E-state index is 2.42. The zero-order valence-corrected chi connectivity index (χ0v) is 14.9. The molecular formula is C17H39N. The van der Waals surface area contributed by atoms with Crippen LogP contribution >= 0.6 is 0 Å². The Morgan fingerprint density at radius 3 is 1.56 bits per heavy atom. The van der Waals surface area contributed by atoms with Crippen molar-refractivity contribution in [2.24, 2.45) is 11.3 Å². The minimum absolute atomic E-state index is 0.302. The molecule has 0 heterocycles. The molecule has 0 rings (SSSR count). The van der Waals surface area contributed by atoms with Gasteiger partial charge in [-0.2, -0.15) is 0 Å². The zero-order chi connectivity index (χ0) is 15.0. The van der Waals surface area contributed by atoms with Gasteiger partial charge in [0.05, 0.1) is 0 Å². The summed E-state index contributed by atoms with van der Waals surface area (Å²) in [7, 11) is 4.42. The van der Waals surface area contributed by atoms with Crippen LogP contribution in [0.1, 0.15) is 81.1 Å². The summed E-state index contributed by atoms with van der Waals surface area (Å²) in [5, 5.41) is 0. The van der Waals surface area contributed by atoms with Crippen LogP contribution in [-0.4, -0.2) is 24.5 Å². The van der Waals surface area contributed by atoms with Crippen molar-refractivity contribution in [3.8, 4) is 0 Å². The molecule has 0 aromatic heterocycles. The summed E-state index contributed by atoms with van der Waals surface area (Å²) in [6.45, 7) is 18.5. The molecule has 0 fully saturated rings. The van der Waals surface area contributed by atoms with Crippen molar-refractivity contribution < 1.29 is 0 Å². The van der Waals surface area contributed by atoms with Crippen molar-refractivity contribution in [2.75, 3.05) is 14.1 Å². The second-order valence-electron chi connectivity index (χ2n) is 6.83. The van der Waals surface area contributed by atoms with Crippen LogP contribution in [0.25, 0.3) is 0 Å². The van der Waals surface area contributed by atoms with Gasteiger partial charge in [-0.15, -0.1) is 0 Å². The molecule has 2 atom stereocenters. The molecule has 1 heteroatoms. The maximum Gasteiger partial charge on any atom is 0.0223 e. The third kappa shape index (κ3) is 5.73. The third-order valence-electron chi connectivity index (χ3n) is 4.69. The normalized spacial score (nSPS) is 16.8. The highest BCUT2D eigenvalue weighted by Crippen LogP contribution is 2.42. The lowest BCUT2D eigenvalue weighted by Gasteiger charge is -2.50. The van der Waals surface area contributed by atoms with Crippen molar-refractivity contribution in [3.05, 3.63) is 0 Å². The molecule has 0 aromatic carbocycles. The van der Waals surface area contributed by atoms with Crippen molar-refractivity contribution in [3.63, 3.8) is 0 Å². The van der Waals surface area contributed by atoms with Crippen LogP contribution < -0.4 is 0 Å². The molecule has 0 bridgehead atoms. The van der Waals surface area contributed by atoms with Crippen molar-refractivity contribution >= 4 is 0 Å².